The normalized spacial score (nSPS) is 10.6. The van der Waals surface area contributed by atoms with Crippen LogP contribution >= 0.6 is 0 Å². The Labute approximate surface area is 122 Å². The van der Waals surface area contributed by atoms with Crippen LogP contribution in [0.3, 0.4) is 0 Å². The van der Waals surface area contributed by atoms with Crippen molar-refractivity contribution in [2.24, 2.45) is 0 Å². The molecule has 0 spiro atoms. The lowest BCUT2D eigenvalue weighted by Crippen LogP contribution is -2.04. The molecule has 0 atom stereocenters. The maximum Gasteiger partial charge on any atom is 0.353 e. The van der Waals surface area contributed by atoms with Crippen molar-refractivity contribution in [3.63, 3.8) is 0 Å². The molecule has 0 saturated carbocycles. The van der Waals surface area contributed by atoms with Gasteiger partial charge in [0.1, 0.15) is 11.4 Å². The Morgan fingerprint density at radius 2 is 2.05 bits per heavy atom. The molecule has 0 aliphatic carbocycles. The molecule has 112 valence electrons. The van der Waals surface area contributed by atoms with Gasteiger partial charge in [-0.2, -0.15) is 5.10 Å². The summed E-state index contributed by atoms with van der Waals surface area (Å²) in [4.78, 5) is 10.7. The van der Waals surface area contributed by atoms with Crippen molar-refractivity contribution in [1.82, 2.24) is 15.1 Å². The van der Waals surface area contributed by atoms with Crippen molar-refractivity contribution >= 4 is 5.69 Å². The summed E-state index contributed by atoms with van der Waals surface area (Å²) in [5, 5.41) is 18.4. The van der Waals surface area contributed by atoms with E-state index in [1.54, 1.807) is 19.1 Å². The topological polar surface area (TPSA) is 82.2 Å². The van der Waals surface area contributed by atoms with Gasteiger partial charge in [0.05, 0.1) is 4.92 Å². The number of ether oxygens (including phenoxy) is 1. The predicted molar refractivity (Wildman–Crippen MR) is 78.6 cm³/mol. The highest BCUT2D eigenvalue weighted by Crippen LogP contribution is 2.34. The Bertz CT molecular complexity index is 634. The quantitative estimate of drug-likeness (QED) is 0.653. The van der Waals surface area contributed by atoms with Gasteiger partial charge in [0, 0.05) is 13.1 Å². The molecule has 1 aromatic heterocycles. The lowest BCUT2D eigenvalue weighted by Gasteiger charge is -2.07. The van der Waals surface area contributed by atoms with Crippen LogP contribution in [0, 0.1) is 17.0 Å². The Hall–Kier alpha value is -2.41. The largest absolute Gasteiger partial charge is 0.434 e. The molecule has 21 heavy (non-hydrogen) atoms. The van der Waals surface area contributed by atoms with Gasteiger partial charge in [-0.3, -0.25) is 10.1 Å². The van der Waals surface area contributed by atoms with Gasteiger partial charge in [-0.1, -0.05) is 12.1 Å². The molecular formula is C14H18N4O3. The van der Waals surface area contributed by atoms with Crippen molar-refractivity contribution in [3.8, 4) is 11.6 Å². The zero-order valence-electron chi connectivity index (χ0n) is 12.3. The highest BCUT2D eigenvalue weighted by molar-refractivity contribution is 5.48. The second-order valence-corrected chi connectivity index (χ2v) is 4.59. The first-order valence-electron chi connectivity index (χ1n) is 6.70. The summed E-state index contributed by atoms with van der Waals surface area (Å²) in [5.41, 5.74) is 1.37. The number of nitrogens with zero attached hydrogens (tertiary/aromatic N) is 3. The molecule has 0 fully saturated rings. The molecule has 0 amide bonds. The Morgan fingerprint density at radius 3 is 2.57 bits per heavy atom. The molecule has 1 heterocycles. The smallest absolute Gasteiger partial charge is 0.353 e. The number of rotatable bonds is 6. The molecule has 2 rings (SSSR count). The maximum atomic E-state index is 11.2. The second kappa shape index (κ2) is 6.36. The summed E-state index contributed by atoms with van der Waals surface area (Å²) in [5.74, 6) is 0.717. The second-order valence-electron chi connectivity index (χ2n) is 4.59. The average Bonchev–Trinajstić information content (AvgIpc) is 2.77. The fraction of sp³-hybridized carbons (Fsp3) is 0.357. The van der Waals surface area contributed by atoms with Crippen LogP contribution in [-0.4, -0.2) is 21.8 Å². The fourth-order valence-corrected chi connectivity index (χ4v) is 2.07. The van der Waals surface area contributed by atoms with Crippen molar-refractivity contribution < 1.29 is 9.66 Å². The number of hydrogen-bond acceptors (Lipinski definition) is 5. The number of nitro groups is 1. The minimum absolute atomic E-state index is 0.0869. The Morgan fingerprint density at radius 1 is 1.38 bits per heavy atom. The molecule has 0 radical (unpaired) electrons. The van der Waals surface area contributed by atoms with Gasteiger partial charge in [-0.05, 0) is 38.6 Å². The van der Waals surface area contributed by atoms with E-state index in [2.05, 4.69) is 10.4 Å². The zero-order valence-corrected chi connectivity index (χ0v) is 12.3. The van der Waals surface area contributed by atoms with Crippen molar-refractivity contribution in [1.29, 1.82) is 0 Å². The van der Waals surface area contributed by atoms with Gasteiger partial charge in [0.2, 0.25) is 0 Å². The minimum Gasteiger partial charge on any atom is -0.434 e. The summed E-state index contributed by atoms with van der Waals surface area (Å²) < 4.78 is 7.18. The molecule has 7 heteroatoms. The fourth-order valence-electron chi connectivity index (χ4n) is 2.07. The van der Waals surface area contributed by atoms with Crippen LogP contribution in [0.5, 0.6) is 11.6 Å². The molecule has 0 aliphatic heterocycles. The van der Waals surface area contributed by atoms with E-state index in [1.807, 2.05) is 26.1 Å². The van der Waals surface area contributed by atoms with E-state index in [-0.39, 0.29) is 11.6 Å². The molecule has 0 saturated heterocycles. The summed E-state index contributed by atoms with van der Waals surface area (Å²) >= 11 is 0. The van der Waals surface area contributed by atoms with E-state index in [0.29, 0.717) is 18.0 Å². The lowest BCUT2D eigenvalue weighted by atomic mass is 10.2. The number of aromatic nitrogens is 2. The van der Waals surface area contributed by atoms with Gasteiger partial charge in [0.15, 0.2) is 0 Å². The highest BCUT2D eigenvalue weighted by atomic mass is 16.6. The van der Waals surface area contributed by atoms with Crippen LogP contribution < -0.4 is 10.1 Å². The van der Waals surface area contributed by atoms with Crippen LogP contribution in [-0.2, 0) is 13.1 Å². The molecule has 2 aromatic rings. The van der Waals surface area contributed by atoms with Gasteiger partial charge < -0.3 is 10.1 Å². The summed E-state index contributed by atoms with van der Waals surface area (Å²) in [7, 11) is 1.87. The monoisotopic (exact) mass is 290 g/mol. The third-order valence-corrected chi connectivity index (χ3v) is 3.05. The van der Waals surface area contributed by atoms with Crippen LogP contribution in [0.2, 0.25) is 0 Å². The average molecular weight is 290 g/mol. The van der Waals surface area contributed by atoms with Crippen molar-refractivity contribution in [2.75, 3.05) is 7.05 Å². The molecule has 7 nitrogen and oxygen atoms in total. The molecule has 0 unspecified atom stereocenters. The van der Waals surface area contributed by atoms with Crippen LogP contribution in [0.4, 0.5) is 5.69 Å². The Kier molecular flexibility index (Phi) is 4.54. The minimum atomic E-state index is -0.459. The first kappa shape index (κ1) is 15.0. The summed E-state index contributed by atoms with van der Waals surface area (Å²) in [6.45, 7) is 4.72. The molecule has 0 bridgehead atoms. The van der Waals surface area contributed by atoms with Crippen LogP contribution in [0.1, 0.15) is 18.2 Å². The van der Waals surface area contributed by atoms with Crippen molar-refractivity contribution in [3.05, 3.63) is 45.6 Å². The standard InChI is InChI=1S/C14H18N4O3/c1-4-17-14(13(18(19)20)10(2)16-17)21-12-7-5-11(6-8-12)9-15-3/h5-8,15H,4,9H2,1-3H3. The third kappa shape index (κ3) is 3.19. The number of hydrogen-bond donors (Lipinski definition) is 1. The van der Waals surface area contributed by atoms with E-state index >= 15 is 0 Å². The molecule has 1 N–H and O–H groups in total. The van der Waals surface area contributed by atoms with Gasteiger partial charge >= 0.3 is 5.69 Å². The van der Waals surface area contributed by atoms with Gasteiger partial charge in [0.25, 0.3) is 5.88 Å². The van der Waals surface area contributed by atoms with Crippen LogP contribution in [0.25, 0.3) is 0 Å². The summed E-state index contributed by atoms with van der Waals surface area (Å²) in [6.07, 6.45) is 0. The van der Waals surface area contributed by atoms with Gasteiger partial charge in [-0.15, -0.1) is 0 Å². The lowest BCUT2D eigenvalue weighted by molar-refractivity contribution is -0.386. The van der Waals surface area contributed by atoms with E-state index < -0.39 is 4.92 Å². The van der Waals surface area contributed by atoms with Gasteiger partial charge in [-0.25, -0.2) is 4.68 Å². The van der Waals surface area contributed by atoms with Crippen molar-refractivity contribution in [2.45, 2.75) is 26.9 Å². The zero-order chi connectivity index (χ0) is 15.4. The predicted octanol–water partition coefficient (Wildman–Crippen LogP) is 2.63. The first-order chi connectivity index (χ1) is 10.1. The van der Waals surface area contributed by atoms with E-state index in [9.17, 15) is 10.1 Å². The number of nitrogens with one attached hydrogen (secondary N) is 1. The summed E-state index contributed by atoms with van der Waals surface area (Å²) in [6, 6.07) is 7.41. The third-order valence-electron chi connectivity index (χ3n) is 3.05. The highest BCUT2D eigenvalue weighted by Gasteiger charge is 2.26. The van der Waals surface area contributed by atoms with Crippen LogP contribution in [0.15, 0.2) is 24.3 Å². The number of benzene rings is 1. The van der Waals surface area contributed by atoms with E-state index in [4.69, 9.17) is 4.74 Å². The molecule has 1 aromatic carbocycles. The molecular weight excluding hydrogens is 272 g/mol. The van der Waals surface area contributed by atoms with E-state index in [1.165, 1.54) is 4.68 Å². The number of aryl methyl sites for hydroxylation is 2. The first-order valence-corrected chi connectivity index (χ1v) is 6.70. The maximum absolute atomic E-state index is 11.2. The Balaban J connectivity index is 2.32. The van der Waals surface area contributed by atoms with E-state index in [0.717, 1.165) is 12.1 Å². The molecule has 0 aliphatic rings. The SMILES string of the molecule is CCn1nc(C)c([N+](=O)[O-])c1Oc1ccc(CNC)cc1.